The molecule has 0 saturated heterocycles. The van der Waals surface area contributed by atoms with Crippen molar-refractivity contribution in [1.29, 1.82) is 0 Å². The molecule has 0 unspecified atom stereocenters. The predicted octanol–water partition coefficient (Wildman–Crippen LogP) is 2.44. The van der Waals surface area contributed by atoms with Gasteiger partial charge in [0.1, 0.15) is 0 Å². The lowest BCUT2D eigenvalue weighted by molar-refractivity contribution is 0.205. The first-order valence-corrected chi connectivity index (χ1v) is 6.89. The van der Waals surface area contributed by atoms with Crippen LogP contribution in [0, 0.1) is 0 Å². The van der Waals surface area contributed by atoms with E-state index in [1.54, 1.807) is 7.11 Å². The van der Waals surface area contributed by atoms with Crippen molar-refractivity contribution in [1.82, 2.24) is 10.3 Å². The van der Waals surface area contributed by atoms with E-state index in [1.807, 2.05) is 12.4 Å². The molecule has 0 bridgehead atoms. The van der Waals surface area contributed by atoms with Crippen LogP contribution in [0.4, 0.5) is 5.69 Å². The highest BCUT2D eigenvalue weighted by atomic mass is 16.5. The topological polar surface area (TPSA) is 37.4 Å². The number of aromatic nitrogens is 1. The number of hydrogen-bond acceptors (Lipinski definition) is 4. The van der Waals surface area contributed by atoms with Crippen LogP contribution in [0.2, 0.25) is 0 Å². The summed E-state index contributed by atoms with van der Waals surface area (Å²) >= 11 is 0. The van der Waals surface area contributed by atoms with Gasteiger partial charge in [0.15, 0.2) is 0 Å². The van der Waals surface area contributed by atoms with E-state index in [1.165, 1.54) is 11.3 Å². The Morgan fingerprint density at radius 2 is 2.11 bits per heavy atom. The zero-order chi connectivity index (χ0) is 14.3. The molecular formula is C15H27N3O. The Balaban J connectivity index is 2.81. The van der Waals surface area contributed by atoms with Gasteiger partial charge in [0.2, 0.25) is 0 Å². The number of likely N-dealkylation sites (N-methyl/N-ethyl adjacent to an activating group) is 1. The zero-order valence-corrected chi connectivity index (χ0v) is 12.9. The van der Waals surface area contributed by atoms with Crippen molar-refractivity contribution < 1.29 is 4.74 Å². The number of ether oxygens (including phenoxy) is 1. The summed E-state index contributed by atoms with van der Waals surface area (Å²) < 4.78 is 5.18. The van der Waals surface area contributed by atoms with Crippen molar-refractivity contribution in [2.24, 2.45) is 0 Å². The molecule has 19 heavy (non-hydrogen) atoms. The van der Waals surface area contributed by atoms with Crippen LogP contribution in [0.3, 0.4) is 0 Å². The van der Waals surface area contributed by atoms with Gasteiger partial charge < -0.3 is 15.0 Å². The molecule has 0 radical (unpaired) electrons. The summed E-state index contributed by atoms with van der Waals surface area (Å²) in [6, 6.07) is 2.08. The standard InChI is InChI=1S/C15H27N3O/c1-6-18(9-10-19-5)14-7-8-16-11-13(14)12-17-15(2,3)4/h7-8,11,17H,6,9-10,12H2,1-5H3. The zero-order valence-electron chi connectivity index (χ0n) is 12.9. The molecule has 0 amide bonds. The molecular weight excluding hydrogens is 238 g/mol. The fourth-order valence-electron chi connectivity index (χ4n) is 1.88. The highest BCUT2D eigenvalue weighted by Gasteiger charge is 2.13. The van der Waals surface area contributed by atoms with Crippen LogP contribution in [0.5, 0.6) is 0 Å². The van der Waals surface area contributed by atoms with Gasteiger partial charge in [-0.1, -0.05) is 0 Å². The molecule has 0 aliphatic rings. The third kappa shape index (κ3) is 5.57. The van der Waals surface area contributed by atoms with Crippen LogP contribution in [-0.2, 0) is 11.3 Å². The van der Waals surface area contributed by atoms with Gasteiger partial charge in [0.25, 0.3) is 0 Å². The molecule has 4 heteroatoms. The minimum Gasteiger partial charge on any atom is -0.383 e. The Hall–Kier alpha value is -1.13. The van der Waals surface area contributed by atoms with Crippen LogP contribution in [0.15, 0.2) is 18.5 Å². The van der Waals surface area contributed by atoms with Crippen molar-refractivity contribution in [3.63, 3.8) is 0 Å². The summed E-state index contributed by atoms with van der Waals surface area (Å²) in [7, 11) is 1.74. The van der Waals surface area contributed by atoms with E-state index in [9.17, 15) is 0 Å². The number of hydrogen-bond donors (Lipinski definition) is 1. The molecule has 1 heterocycles. The summed E-state index contributed by atoms with van der Waals surface area (Å²) in [4.78, 5) is 6.57. The molecule has 0 fully saturated rings. The molecule has 0 spiro atoms. The van der Waals surface area contributed by atoms with E-state index >= 15 is 0 Å². The van der Waals surface area contributed by atoms with Crippen LogP contribution >= 0.6 is 0 Å². The van der Waals surface area contributed by atoms with Crippen molar-refractivity contribution in [2.75, 3.05) is 31.7 Å². The summed E-state index contributed by atoms with van der Waals surface area (Å²) in [5, 5.41) is 3.52. The van der Waals surface area contributed by atoms with Gasteiger partial charge in [-0.05, 0) is 33.8 Å². The van der Waals surface area contributed by atoms with Gasteiger partial charge in [-0.15, -0.1) is 0 Å². The maximum Gasteiger partial charge on any atom is 0.0637 e. The largest absolute Gasteiger partial charge is 0.383 e. The van der Waals surface area contributed by atoms with E-state index in [-0.39, 0.29) is 5.54 Å². The maximum atomic E-state index is 5.18. The number of pyridine rings is 1. The second kappa shape index (κ2) is 7.46. The molecule has 0 atom stereocenters. The monoisotopic (exact) mass is 265 g/mol. The Morgan fingerprint density at radius 3 is 2.68 bits per heavy atom. The molecule has 4 nitrogen and oxygen atoms in total. The Bertz CT molecular complexity index is 374. The number of methoxy groups -OCH3 is 1. The van der Waals surface area contributed by atoms with Crippen molar-refractivity contribution >= 4 is 5.69 Å². The van der Waals surface area contributed by atoms with E-state index in [0.717, 1.165) is 26.2 Å². The van der Waals surface area contributed by atoms with E-state index < -0.39 is 0 Å². The second-order valence-electron chi connectivity index (χ2n) is 5.68. The van der Waals surface area contributed by atoms with Crippen LogP contribution in [0.25, 0.3) is 0 Å². The quantitative estimate of drug-likeness (QED) is 0.821. The molecule has 0 aliphatic heterocycles. The van der Waals surface area contributed by atoms with E-state index in [4.69, 9.17) is 4.74 Å². The van der Waals surface area contributed by atoms with Gasteiger partial charge >= 0.3 is 0 Å². The SMILES string of the molecule is CCN(CCOC)c1ccncc1CNC(C)(C)C. The lowest BCUT2D eigenvalue weighted by Gasteiger charge is -2.27. The highest BCUT2D eigenvalue weighted by molar-refractivity contribution is 5.52. The van der Waals surface area contributed by atoms with Crippen molar-refractivity contribution in [2.45, 2.75) is 39.8 Å². The number of nitrogens with one attached hydrogen (secondary N) is 1. The van der Waals surface area contributed by atoms with E-state index in [0.29, 0.717) is 0 Å². The molecule has 0 aromatic carbocycles. The highest BCUT2D eigenvalue weighted by Crippen LogP contribution is 2.19. The first-order valence-electron chi connectivity index (χ1n) is 6.89. The van der Waals surface area contributed by atoms with Gasteiger partial charge in [-0.3, -0.25) is 4.98 Å². The van der Waals surface area contributed by atoms with Gasteiger partial charge in [0, 0.05) is 55.9 Å². The first kappa shape index (κ1) is 15.9. The van der Waals surface area contributed by atoms with Gasteiger partial charge in [-0.2, -0.15) is 0 Å². The summed E-state index contributed by atoms with van der Waals surface area (Å²) in [6.07, 6.45) is 3.80. The fourth-order valence-corrected chi connectivity index (χ4v) is 1.88. The third-order valence-electron chi connectivity index (χ3n) is 2.97. The summed E-state index contributed by atoms with van der Waals surface area (Å²) in [5.74, 6) is 0. The van der Waals surface area contributed by atoms with Crippen LogP contribution in [0.1, 0.15) is 33.3 Å². The first-order chi connectivity index (χ1) is 8.98. The van der Waals surface area contributed by atoms with Crippen molar-refractivity contribution in [3.8, 4) is 0 Å². The van der Waals surface area contributed by atoms with Crippen LogP contribution < -0.4 is 10.2 Å². The normalized spacial score (nSPS) is 11.6. The smallest absolute Gasteiger partial charge is 0.0637 e. The van der Waals surface area contributed by atoms with Crippen molar-refractivity contribution in [3.05, 3.63) is 24.0 Å². The molecule has 108 valence electrons. The van der Waals surface area contributed by atoms with Gasteiger partial charge in [0.05, 0.1) is 6.61 Å². The lowest BCUT2D eigenvalue weighted by atomic mass is 10.1. The molecule has 0 saturated carbocycles. The number of anilines is 1. The average molecular weight is 265 g/mol. The maximum absolute atomic E-state index is 5.18. The Kier molecular flexibility index (Phi) is 6.25. The minimum absolute atomic E-state index is 0.108. The van der Waals surface area contributed by atoms with Gasteiger partial charge in [-0.25, -0.2) is 0 Å². The molecule has 1 rings (SSSR count). The Labute approximate surface area is 117 Å². The summed E-state index contributed by atoms with van der Waals surface area (Å²) in [5.41, 5.74) is 2.58. The second-order valence-corrected chi connectivity index (χ2v) is 5.68. The van der Waals surface area contributed by atoms with E-state index in [2.05, 4.69) is 49.0 Å². The Morgan fingerprint density at radius 1 is 1.37 bits per heavy atom. The molecule has 1 N–H and O–H groups in total. The molecule has 0 aliphatic carbocycles. The molecule has 1 aromatic rings. The summed E-state index contributed by atoms with van der Waals surface area (Å²) in [6.45, 7) is 12.1. The minimum atomic E-state index is 0.108. The predicted molar refractivity (Wildman–Crippen MR) is 80.6 cm³/mol. The van der Waals surface area contributed by atoms with Crippen LogP contribution in [-0.4, -0.2) is 37.3 Å². The fraction of sp³-hybridized carbons (Fsp3) is 0.667. The third-order valence-corrected chi connectivity index (χ3v) is 2.97. The number of rotatable bonds is 7. The average Bonchev–Trinajstić information content (AvgIpc) is 2.37. The number of nitrogens with zero attached hydrogens (tertiary/aromatic N) is 2. The molecule has 1 aromatic heterocycles. The lowest BCUT2D eigenvalue weighted by Crippen LogP contribution is -2.36.